The highest BCUT2D eigenvalue weighted by molar-refractivity contribution is 7.97. The molecule has 182 valence electrons. The SMILES string of the molecule is CCCCCc1ccc([S+](c2ccccc2)c2ccccc2)cc1.Cc1ccc(S(=O)(=O)[O-])cc1. The van der Waals surface area contributed by atoms with Crippen molar-refractivity contribution in [2.45, 2.75) is 59.1 Å². The van der Waals surface area contributed by atoms with Crippen LogP contribution in [-0.2, 0) is 27.4 Å². The molecule has 35 heavy (non-hydrogen) atoms. The van der Waals surface area contributed by atoms with Gasteiger partial charge in [-0.05, 0) is 73.9 Å². The highest BCUT2D eigenvalue weighted by Crippen LogP contribution is 2.31. The van der Waals surface area contributed by atoms with E-state index in [-0.39, 0.29) is 15.8 Å². The first kappa shape index (κ1) is 26.7. The summed E-state index contributed by atoms with van der Waals surface area (Å²) in [5, 5.41) is 0. The van der Waals surface area contributed by atoms with Gasteiger partial charge in [-0.25, -0.2) is 8.42 Å². The van der Waals surface area contributed by atoms with Gasteiger partial charge in [0.2, 0.25) is 0 Å². The van der Waals surface area contributed by atoms with Crippen molar-refractivity contribution >= 4 is 21.0 Å². The van der Waals surface area contributed by atoms with Crippen molar-refractivity contribution in [3.63, 3.8) is 0 Å². The van der Waals surface area contributed by atoms with Gasteiger partial charge in [-0.3, -0.25) is 0 Å². The number of unbranched alkanes of at least 4 members (excludes halogenated alkanes) is 2. The molecule has 3 nitrogen and oxygen atoms in total. The zero-order valence-corrected chi connectivity index (χ0v) is 21.9. The Kier molecular flexibility index (Phi) is 10.2. The van der Waals surface area contributed by atoms with Gasteiger partial charge in [0.15, 0.2) is 14.7 Å². The summed E-state index contributed by atoms with van der Waals surface area (Å²) in [5.41, 5.74) is 2.38. The third kappa shape index (κ3) is 8.39. The van der Waals surface area contributed by atoms with Gasteiger partial charge in [0.25, 0.3) is 0 Å². The van der Waals surface area contributed by atoms with Crippen LogP contribution >= 0.6 is 0 Å². The predicted octanol–water partition coefficient (Wildman–Crippen LogP) is 7.41. The molecule has 4 aromatic rings. The Morgan fingerprint density at radius 1 is 0.657 bits per heavy atom. The van der Waals surface area contributed by atoms with E-state index in [0.29, 0.717) is 0 Å². The molecule has 5 heteroatoms. The molecule has 0 spiro atoms. The van der Waals surface area contributed by atoms with E-state index < -0.39 is 10.1 Å². The van der Waals surface area contributed by atoms with Crippen LogP contribution in [0.5, 0.6) is 0 Å². The third-order valence-corrected chi connectivity index (χ3v) is 8.58. The van der Waals surface area contributed by atoms with Crippen molar-refractivity contribution in [2.24, 2.45) is 0 Å². The van der Waals surface area contributed by atoms with Gasteiger partial charge in [-0.1, -0.05) is 86.0 Å². The maximum atomic E-state index is 10.4. The topological polar surface area (TPSA) is 57.2 Å². The largest absolute Gasteiger partial charge is 0.744 e. The molecule has 0 aromatic heterocycles. The molecule has 0 aliphatic carbocycles. The Morgan fingerprint density at radius 3 is 1.60 bits per heavy atom. The maximum Gasteiger partial charge on any atom is 0.166 e. The smallest absolute Gasteiger partial charge is 0.166 e. The molecule has 4 aromatic carbocycles. The molecule has 0 heterocycles. The minimum atomic E-state index is -4.27. The van der Waals surface area contributed by atoms with E-state index >= 15 is 0 Å². The molecule has 0 saturated heterocycles. The lowest BCUT2D eigenvalue weighted by atomic mass is 10.1. The maximum absolute atomic E-state index is 10.4. The van der Waals surface area contributed by atoms with E-state index in [1.807, 2.05) is 6.92 Å². The van der Waals surface area contributed by atoms with Crippen molar-refractivity contribution in [2.75, 3.05) is 0 Å². The first-order valence-corrected chi connectivity index (χ1v) is 14.5. The number of hydrogen-bond donors (Lipinski definition) is 0. The van der Waals surface area contributed by atoms with Crippen LogP contribution in [-0.4, -0.2) is 13.0 Å². The number of benzene rings is 4. The van der Waals surface area contributed by atoms with E-state index in [4.69, 9.17) is 0 Å². The second-order valence-corrected chi connectivity index (χ2v) is 11.7. The highest BCUT2D eigenvalue weighted by Gasteiger charge is 2.27. The van der Waals surface area contributed by atoms with Crippen LogP contribution in [0.15, 0.2) is 129 Å². The van der Waals surface area contributed by atoms with Gasteiger partial charge in [-0.15, -0.1) is 0 Å². The molecule has 0 bridgehead atoms. The molecule has 0 aliphatic rings. The quantitative estimate of drug-likeness (QED) is 0.143. The molecule has 0 aliphatic heterocycles. The standard InChI is InChI=1S/C23H25S.C7H8O3S/c1-2-3-6-11-20-16-18-23(19-17-20)24(21-12-7-4-8-13-21)22-14-9-5-10-15-22;1-6-2-4-7(5-3-6)11(8,9)10/h4-5,7-10,12-19H,2-3,6,11H2,1H3;2-5H,1H3,(H,8,9,10)/q+1;/p-1. The third-order valence-electron chi connectivity index (χ3n) is 5.50. The van der Waals surface area contributed by atoms with Crippen molar-refractivity contribution in [1.82, 2.24) is 0 Å². The number of hydrogen-bond acceptors (Lipinski definition) is 3. The Hall–Kier alpha value is -2.86. The van der Waals surface area contributed by atoms with Crippen LogP contribution in [0.2, 0.25) is 0 Å². The average molecular weight is 505 g/mol. The molecule has 0 unspecified atom stereocenters. The fraction of sp³-hybridized carbons (Fsp3) is 0.200. The molecular weight excluding hydrogens is 472 g/mol. The van der Waals surface area contributed by atoms with Crippen molar-refractivity contribution in [3.8, 4) is 0 Å². The van der Waals surface area contributed by atoms with Crippen LogP contribution in [0.3, 0.4) is 0 Å². The highest BCUT2D eigenvalue weighted by atomic mass is 32.2. The van der Waals surface area contributed by atoms with E-state index in [1.165, 1.54) is 58.1 Å². The first-order chi connectivity index (χ1) is 16.9. The summed E-state index contributed by atoms with van der Waals surface area (Å²) >= 11 is 0. The van der Waals surface area contributed by atoms with Gasteiger partial charge < -0.3 is 4.55 Å². The van der Waals surface area contributed by atoms with Crippen LogP contribution in [0.1, 0.15) is 37.3 Å². The fourth-order valence-corrected chi connectivity index (χ4v) is 6.15. The van der Waals surface area contributed by atoms with E-state index in [9.17, 15) is 13.0 Å². The molecular formula is C30H32O3S2. The normalized spacial score (nSPS) is 11.1. The number of rotatable bonds is 8. The van der Waals surface area contributed by atoms with Crippen molar-refractivity contribution < 1.29 is 13.0 Å². The van der Waals surface area contributed by atoms with Crippen molar-refractivity contribution in [3.05, 3.63) is 120 Å². The van der Waals surface area contributed by atoms with Gasteiger partial charge >= 0.3 is 0 Å². The summed E-state index contributed by atoms with van der Waals surface area (Å²) in [6.07, 6.45) is 5.08. The lowest BCUT2D eigenvalue weighted by Crippen LogP contribution is -2.04. The van der Waals surface area contributed by atoms with Gasteiger partial charge in [0.1, 0.15) is 10.1 Å². The summed E-state index contributed by atoms with van der Waals surface area (Å²) in [4.78, 5) is 3.97. The second kappa shape index (κ2) is 13.3. The molecule has 4 rings (SSSR count). The fourth-order valence-electron chi connectivity index (χ4n) is 3.60. The zero-order chi connectivity index (χ0) is 25.1. The Labute approximate surface area is 213 Å². The Bertz CT molecular complexity index is 1210. The zero-order valence-electron chi connectivity index (χ0n) is 20.3. The molecule has 0 saturated carbocycles. The average Bonchev–Trinajstić information content (AvgIpc) is 2.87. The van der Waals surface area contributed by atoms with Crippen LogP contribution in [0.4, 0.5) is 0 Å². The minimum absolute atomic E-state index is 0.0302. The van der Waals surface area contributed by atoms with E-state index in [0.717, 1.165) is 5.56 Å². The molecule has 0 N–H and O–H groups in total. The van der Waals surface area contributed by atoms with Gasteiger partial charge in [-0.2, -0.15) is 0 Å². The first-order valence-electron chi connectivity index (χ1n) is 11.8. The summed E-state index contributed by atoms with van der Waals surface area (Å²) in [5.74, 6) is 0. The van der Waals surface area contributed by atoms with E-state index in [2.05, 4.69) is 91.9 Å². The predicted molar refractivity (Wildman–Crippen MR) is 144 cm³/mol. The molecule has 0 atom stereocenters. The lowest BCUT2D eigenvalue weighted by Gasteiger charge is -2.08. The lowest BCUT2D eigenvalue weighted by molar-refractivity contribution is 0.463. The van der Waals surface area contributed by atoms with Gasteiger partial charge in [0.05, 0.1) is 15.8 Å². The summed E-state index contributed by atoms with van der Waals surface area (Å²) in [7, 11) is -4.30. The van der Waals surface area contributed by atoms with Crippen LogP contribution < -0.4 is 0 Å². The summed E-state index contributed by atoms with van der Waals surface area (Å²) in [6, 6.07) is 36.8. The van der Waals surface area contributed by atoms with Crippen molar-refractivity contribution in [1.29, 1.82) is 0 Å². The van der Waals surface area contributed by atoms with Crippen LogP contribution in [0, 0.1) is 6.92 Å². The minimum Gasteiger partial charge on any atom is -0.744 e. The molecule has 0 fully saturated rings. The van der Waals surface area contributed by atoms with Gasteiger partial charge in [0, 0.05) is 0 Å². The number of aryl methyl sites for hydroxylation is 2. The summed E-state index contributed by atoms with van der Waals surface area (Å²) in [6.45, 7) is 4.08. The molecule has 0 amide bonds. The Balaban J connectivity index is 0.000000261. The molecule has 0 radical (unpaired) electrons. The monoisotopic (exact) mass is 504 g/mol. The van der Waals surface area contributed by atoms with Crippen LogP contribution in [0.25, 0.3) is 0 Å². The second-order valence-electron chi connectivity index (χ2n) is 8.30. The van der Waals surface area contributed by atoms with E-state index in [1.54, 1.807) is 12.1 Å². The summed E-state index contributed by atoms with van der Waals surface area (Å²) < 4.78 is 31.2. The Morgan fingerprint density at radius 2 is 1.14 bits per heavy atom.